The number of fused-ring (bicyclic) bond motifs is 2. The van der Waals surface area contributed by atoms with Gasteiger partial charge in [0, 0.05) is 17.4 Å². The van der Waals surface area contributed by atoms with Crippen LogP contribution in [0.5, 0.6) is 0 Å². The minimum absolute atomic E-state index is 0.538. The zero-order chi connectivity index (χ0) is 14.1. The van der Waals surface area contributed by atoms with Gasteiger partial charge < -0.3 is 5.32 Å². The largest absolute Gasteiger partial charge is 0.358 e. The highest BCUT2D eigenvalue weighted by Crippen LogP contribution is 2.44. The summed E-state index contributed by atoms with van der Waals surface area (Å²) in [4.78, 5) is 8.61. The molecule has 3 atom stereocenters. The number of hydrogen-bond acceptors (Lipinski definition) is 4. The van der Waals surface area contributed by atoms with Crippen LogP contribution in [0, 0.1) is 25.7 Å². The Hall–Kier alpha value is -1.43. The number of anilines is 1. The predicted octanol–water partition coefficient (Wildman–Crippen LogP) is 2.07. The number of hydrazine groups is 1. The van der Waals surface area contributed by atoms with Crippen molar-refractivity contribution in [1.29, 1.82) is 0 Å². The van der Waals surface area contributed by atoms with Crippen molar-refractivity contribution >= 4 is 23.3 Å². The second kappa shape index (κ2) is 5.52. The van der Waals surface area contributed by atoms with Crippen LogP contribution in [-0.4, -0.2) is 21.1 Å². The van der Waals surface area contributed by atoms with Gasteiger partial charge in [0.2, 0.25) is 5.95 Å². The molecule has 20 heavy (non-hydrogen) atoms. The summed E-state index contributed by atoms with van der Waals surface area (Å²) >= 11 is 5.33. The van der Waals surface area contributed by atoms with E-state index in [0.717, 1.165) is 23.2 Å². The van der Waals surface area contributed by atoms with Gasteiger partial charge >= 0.3 is 0 Å². The van der Waals surface area contributed by atoms with Crippen molar-refractivity contribution in [2.75, 3.05) is 5.43 Å². The minimum Gasteiger partial charge on any atom is -0.358 e. The summed E-state index contributed by atoms with van der Waals surface area (Å²) in [7, 11) is 0. The Morgan fingerprint density at radius 2 is 1.95 bits per heavy atom. The van der Waals surface area contributed by atoms with E-state index in [1.54, 1.807) is 0 Å². The molecule has 3 rings (SSSR count). The Balaban J connectivity index is 1.49. The third-order valence-electron chi connectivity index (χ3n) is 4.32. The Morgan fingerprint density at radius 3 is 2.55 bits per heavy atom. The highest BCUT2D eigenvalue weighted by atomic mass is 32.1. The quantitative estimate of drug-likeness (QED) is 0.585. The third kappa shape index (κ3) is 3.00. The van der Waals surface area contributed by atoms with Gasteiger partial charge in [-0.15, -0.1) is 0 Å². The fourth-order valence-electron chi connectivity index (χ4n) is 3.52. The number of hydrogen-bond donors (Lipinski definition) is 3. The van der Waals surface area contributed by atoms with Gasteiger partial charge in [-0.1, -0.05) is 6.42 Å². The lowest BCUT2D eigenvalue weighted by Gasteiger charge is -2.24. The van der Waals surface area contributed by atoms with E-state index < -0.39 is 0 Å². The van der Waals surface area contributed by atoms with Crippen LogP contribution in [0.2, 0.25) is 0 Å². The molecule has 1 aromatic heterocycles. The standard InChI is InChI=1S/C14H21N5S/c1-8-5-9(2)16-13(15-8)18-19-14(20)17-12-7-10-3-4-11(12)6-10/h5,10-12H,3-4,6-7H2,1-2H3,(H,15,16,18)(H2,17,19,20)/t10-,11-,12-/m1/s1. The molecular weight excluding hydrogens is 270 g/mol. The van der Waals surface area contributed by atoms with Crippen LogP contribution in [-0.2, 0) is 0 Å². The van der Waals surface area contributed by atoms with Gasteiger partial charge in [-0.05, 0) is 63.2 Å². The van der Waals surface area contributed by atoms with Gasteiger partial charge in [0.15, 0.2) is 5.11 Å². The van der Waals surface area contributed by atoms with Crippen molar-refractivity contribution in [2.24, 2.45) is 11.8 Å². The van der Waals surface area contributed by atoms with E-state index in [9.17, 15) is 0 Å². The summed E-state index contributed by atoms with van der Waals surface area (Å²) in [6, 6.07) is 2.48. The predicted molar refractivity (Wildman–Crippen MR) is 83.2 cm³/mol. The van der Waals surface area contributed by atoms with Crippen molar-refractivity contribution in [1.82, 2.24) is 20.7 Å². The average molecular weight is 291 g/mol. The SMILES string of the molecule is Cc1cc(C)nc(NNC(=S)N[C@@H]2C[C@@H]3CC[C@@H]2C3)n1. The first-order chi connectivity index (χ1) is 9.60. The van der Waals surface area contributed by atoms with E-state index >= 15 is 0 Å². The van der Waals surface area contributed by atoms with E-state index in [1.807, 2.05) is 19.9 Å². The zero-order valence-electron chi connectivity index (χ0n) is 11.9. The average Bonchev–Trinajstić information content (AvgIpc) is 2.97. The Kier molecular flexibility index (Phi) is 3.74. The highest BCUT2D eigenvalue weighted by molar-refractivity contribution is 7.80. The Morgan fingerprint density at radius 1 is 1.20 bits per heavy atom. The number of aryl methyl sites for hydroxylation is 2. The summed E-state index contributed by atoms with van der Waals surface area (Å²) < 4.78 is 0. The molecule has 2 aliphatic carbocycles. The monoisotopic (exact) mass is 291 g/mol. The first kappa shape index (κ1) is 13.5. The molecule has 0 amide bonds. The Bertz CT molecular complexity index is 498. The van der Waals surface area contributed by atoms with Crippen LogP contribution >= 0.6 is 12.2 Å². The number of aromatic nitrogens is 2. The minimum atomic E-state index is 0.538. The van der Waals surface area contributed by atoms with Gasteiger partial charge in [-0.3, -0.25) is 10.9 Å². The normalized spacial score (nSPS) is 27.4. The lowest BCUT2D eigenvalue weighted by molar-refractivity contribution is 0.390. The highest BCUT2D eigenvalue weighted by Gasteiger charge is 2.39. The van der Waals surface area contributed by atoms with Gasteiger partial charge in [0.05, 0.1) is 0 Å². The molecule has 0 saturated heterocycles. The van der Waals surface area contributed by atoms with Crippen molar-refractivity contribution in [3.63, 3.8) is 0 Å². The smallest absolute Gasteiger partial charge is 0.242 e. The van der Waals surface area contributed by atoms with Gasteiger partial charge in [0.25, 0.3) is 0 Å². The van der Waals surface area contributed by atoms with Crippen molar-refractivity contribution in [2.45, 2.75) is 45.6 Å². The summed E-state index contributed by atoms with van der Waals surface area (Å²) in [6.07, 6.45) is 5.37. The maximum absolute atomic E-state index is 5.33. The fourth-order valence-corrected chi connectivity index (χ4v) is 3.72. The molecule has 1 heterocycles. The van der Waals surface area contributed by atoms with E-state index in [1.165, 1.54) is 25.7 Å². The summed E-state index contributed by atoms with van der Waals surface area (Å²) in [6.45, 7) is 3.90. The van der Waals surface area contributed by atoms with E-state index in [0.29, 0.717) is 17.1 Å². The van der Waals surface area contributed by atoms with Gasteiger partial charge in [-0.2, -0.15) is 0 Å². The van der Waals surface area contributed by atoms with Crippen molar-refractivity contribution < 1.29 is 0 Å². The molecule has 0 spiro atoms. The fraction of sp³-hybridized carbons (Fsp3) is 0.643. The third-order valence-corrected chi connectivity index (χ3v) is 4.54. The molecule has 2 aliphatic rings. The van der Waals surface area contributed by atoms with Crippen LogP contribution in [0.25, 0.3) is 0 Å². The van der Waals surface area contributed by atoms with Crippen LogP contribution < -0.4 is 16.2 Å². The molecule has 2 bridgehead atoms. The van der Waals surface area contributed by atoms with E-state index in [2.05, 4.69) is 26.1 Å². The zero-order valence-corrected chi connectivity index (χ0v) is 12.8. The molecule has 0 radical (unpaired) electrons. The second-order valence-electron chi connectivity index (χ2n) is 5.98. The molecule has 5 nitrogen and oxygen atoms in total. The summed E-state index contributed by atoms with van der Waals surface area (Å²) in [5.74, 6) is 2.27. The Labute approximate surface area is 124 Å². The topological polar surface area (TPSA) is 61.9 Å². The first-order valence-electron chi connectivity index (χ1n) is 7.25. The molecule has 3 N–H and O–H groups in total. The maximum atomic E-state index is 5.33. The lowest BCUT2D eigenvalue weighted by atomic mass is 9.96. The lowest BCUT2D eigenvalue weighted by Crippen LogP contribution is -2.46. The second-order valence-corrected chi connectivity index (χ2v) is 6.39. The number of thiocarbonyl (C=S) groups is 1. The first-order valence-corrected chi connectivity index (χ1v) is 7.66. The molecule has 0 unspecified atom stereocenters. The van der Waals surface area contributed by atoms with E-state index in [-0.39, 0.29) is 0 Å². The number of rotatable bonds is 3. The van der Waals surface area contributed by atoms with Gasteiger partial charge in [0.1, 0.15) is 0 Å². The summed E-state index contributed by atoms with van der Waals surface area (Å²) in [5.41, 5.74) is 7.83. The summed E-state index contributed by atoms with van der Waals surface area (Å²) in [5, 5.41) is 4.04. The molecule has 2 saturated carbocycles. The molecular formula is C14H21N5S. The number of nitrogens with one attached hydrogen (secondary N) is 3. The van der Waals surface area contributed by atoms with Gasteiger partial charge in [-0.25, -0.2) is 9.97 Å². The van der Waals surface area contributed by atoms with Crippen LogP contribution in [0.1, 0.15) is 37.1 Å². The maximum Gasteiger partial charge on any atom is 0.242 e. The number of nitrogens with zero attached hydrogens (tertiary/aromatic N) is 2. The van der Waals surface area contributed by atoms with Crippen LogP contribution in [0.4, 0.5) is 5.95 Å². The molecule has 0 aromatic carbocycles. The van der Waals surface area contributed by atoms with Crippen LogP contribution in [0.15, 0.2) is 6.07 Å². The van der Waals surface area contributed by atoms with E-state index in [4.69, 9.17) is 12.2 Å². The molecule has 2 fully saturated rings. The molecule has 6 heteroatoms. The molecule has 1 aromatic rings. The van der Waals surface area contributed by atoms with Crippen molar-refractivity contribution in [3.8, 4) is 0 Å². The molecule has 0 aliphatic heterocycles. The molecule has 108 valence electrons. The van der Waals surface area contributed by atoms with Crippen LogP contribution in [0.3, 0.4) is 0 Å². The van der Waals surface area contributed by atoms with Crippen molar-refractivity contribution in [3.05, 3.63) is 17.5 Å².